The van der Waals surface area contributed by atoms with Crippen molar-refractivity contribution < 1.29 is 0 Å². The van der Waals surface area contributed by atoms with E-state index in [0.717, 1.165) is 0 Å². The van der Waals surface area contributed by atoms with E-state index in [1.54, 1.807) is 0 Å². The number of hydrogen-bond donors (Lipinski definition) is 0. The molecule has 2 heteroatoms. The summed E-state index contributed by atoms with van der Waals surface area (Å²) in [4.78, 5) is 0. The molecule has 56 valence electrons. The number of rotatable bonds is 4. The van der Waals surface area contributed by atoms with Gasteiger partial charge < -0.3 is 0 Å². The van der Waals surface area contributed by atoms with Crippen molar-refractivity contribution >= 4 is 18.5 Å². The lowest BCUT2D eigenvalue weighted by Gasteiger charge is -2.19. The molecule has 9 heavy (non-hydrogen) atoms. The highest BCUT2D eigenvalue weighted by atomic mass is 35.6. The fourth-order valence-electron chi connectivity index (χ4n) is 1.05. The summed E-state index contributed by atoms with van der Waals surface area (Å²) < 4.78 is 0. The molecule has 0 heterocycles. The van der Waals surface area contributed by atoms with Crippen LogP contribution in [0, 0.1) is 0 Å². The summed E-state index contributed by atoms with van der Waals surface area (Å²) in [5.41, 5.74) is 0. The van der Waals surface area contributed by atoms with Crippen LogP contribution in [0.5, 0.6) is 0 Å². The Hall–Kier alpha value is 0.507. The van der Waals surface area contributed by atoms with Crippen molar-refractivity contribution in [1.29, 1.82) is 0 Å². The molecule has 0 fully saturated rings. The normalized spacial score (nSPS) is 12.0. The first kappa shape index (κ1) is 9.51. The molecule has 0 amide bonds. The number of hydrogen-bond acceptors (Lipinski definition) is 0. The fraction of sp³-hybridized carbons (Fsp3) is 1.00. The standard InChI is InChI=1S/C7H17ClSi/c1-4-7-9(8,5-2)6-3/h4-7H2,1-3H3. The van der Waals surface area contributed by atoms with Crippen LogP contribution in [0.4, 0.5) is 0 Å². The van der Waals surface area contributed by atoms with Crippen LogP contribution >= 0.6 is 11.1 Å². The van der Waals surface area contributed by atoms with E-state index >= 15 is 0 Å². The van der Waals surface area contributed by atoms with E-state index in [1.165, 1.54) is 24.6 Å². The first-order valence-electron chi connectivity index (χ1n) is 3.87. The molecule has 0 atom stereocenters. The van der Waals surface area contributed by atoms with E-state index in [9.17, 15) is 0 Å². The summed E-state index contributed by atoms with van der Waals surface area (Å²) >= 11 is 6.35. The molecule has 0 spiro atoms. The van der Waals surface area contributed by atoms with Crippen molar-refractivity contribution in [2.45, 2.75) is 45.3 Å². The van der Waals surface area contributed by atoms with Crippen molar-refractivity contribution in [2.24, 2.45) is 0 Å². The second-order valence-corrected chi connectivity index (χ2v) is 9.23. The Kier molecular flexibility index (Phi) is 4.59. The highest BCUT2D eigenvalue weighted by Crippen LogP contribution is 2.25. The summed E-state index contributed by atoms with van der Waals surface area (Å²) in [6, 6.07) is 3.76. The lowest BCUT2D eigenvalue weighted by Crippen LogP contribution is -2.23. The third-order valence-corrected chi connectivity index (χ3v) is 8.07. The first-order chi connectivity index (χ1) is 4.18. The molecule has 0 saturated heterocycles. The Morgan fingerprint density at radius 2 is 1.56 bits per heavy atom. The van der Waals surface area contributed by atoms with Gasteiger partial charge in [-0.15, -0.1) is 0 Å². The predicted molar refractivity (Wildman–Crippen MR) is 47.7 cm³/mol. The van der Waals surface area contributed by atoms with Gasteiger partial charge >= 0.3 is 0 Å². The van der Waals surface area contributed by atoms with Crippen LogP contribution in [0.25, 0.3) is 0 Å². The zero-order chi connectivity index (χ0) is 7.33. The van der Waals surface area contributed by atoms with Crippen LogP contribution in [-0.2, 0) is 0 Å². The quantitative estimate of drug-likeness (QED) is 0.440. The fourth-order valence-corrected chi connectivity index (χ4v) is 3.72. The Balaban J connectivity index is 3.62. The molecular weight excluding hydrogens is 148 g/mol. The van der Waals surface area contributed by atoms with E-state index in [0.29, 0.717) is 0 Å². The topological polar surface area (TPSA) is 0 Å². The van der Waals surface area contributed by atoms with Gasteiger partial charge in [0.25, 0.3) is 0 Å². The molecule has 0 aliphatic rings. The van der Waals surface area contributed by atoms with Crippen LogP contribution in [-0.4, -0.2) is 7.38 Å². The first-order valence-corrected chi connectivity index (χ1v) is 7.50. The molecule has 0 rings (SSSR count). The molecule has 0 aromatic carbocycles. The largest absolute Gasteiger partial charge is 0.167 e. The van der Waals surface area contributed by atoms with Crippen LogP contribution < -0.4 is 0 Å². The van der Waals surface area contributed by atoms with Crippen LogP contribution in [0.3, 0.4) is 0 Å². The zero-order valence-electron chi connectivity index (χ0n) is 6.71. The average Bonchev–Trinajstić information content (AvgIpc) is 1.89. The average molecular weight is 165 g/mol. The molecule has 0 unspecified atom stereocenters. The lowest BCUT2D eigenvalue weighted by atomic mass is 10.6. The zero-order valence-corrected chi connectivity index (χ0v) is 8.46. The van der Waals surface area contributed by atoms with Gasteiger partial charge in [0.1, 0.15) is 0 Å². The third-order valence-electron chi connectivity index (χ3n) is 1.97. The van der Waals surface area contributed by atoms with Gasteiger partial charge in [-0.25, -0.2) is 0 Å². The second-order valence-electron chi connectivity index (χ2n) is 2.61. The Morgan fingerprint density at radius 1 is 1.11 bits per heavy atom. The number of halogens is 1. The van der Waals surface area contributed by atoms with E-state index in [-0.39, 0.29) is 0 Å². The minimum atomic E-state index is -1.23. The highest BCUT2D eigenvalue weighted by molar-refractivity contribution is 7.20. The molecular formula is C7H17ClSi. The van der Waals surface area contributed by atoms with Gasteiger partial charge in [0, 0.05) is 0 Å². The molecule has 0 saturated carbocycles. The van der Waals surface area contributed by atoms with Gasteiger partial charge in [0.15, 0.2) is 7.38 Å². The van der Waals surface area contributed by atoms with E-state index < -0.39 is 7.38 Å². The van der Waals surface area contributed by atoms with Crippen LogP contribution in [0.1, 0.15) is 27.2 Å². The SMILES string of the molecule is CCC[Si](Cl)(CC)CC. The van der Waals surface area contributed by atoms with Crippen molar-refractivity contribution in [3.8, 4) is 0 Å². The summed E-state index contributed by atoms with van der Waals surface area (Å²) in [5, 5.41) is 0. The van der Waals surface area contributed by atoms with Gasteiger partial charge in [0.2, 0.25) is 0 Å². The summed E-state index contributed by atoms with van der Waals surface area (Å²) in [6.07, 6.45) is 1.26. The molecule has 0 radical (unpaired) electrons. The van der Waals surface area contributed by atoms with Gasteiger partial charge in [-0.05, 0) is 18.1 Å². The molecule has 0 N–H and O–H groups in total. The van der Waals surface area contributed by atoms with Crippen molar-refractivity contribution in [3.05, 3.63) is 0 Å². The Labute approximate surface area is 64.3 Å². The van der Waals surface area contributed by atoms with E-state index in [4.69, 9.17) is 11.1 Å². The maximum Gasteiger partial charge on any atom is 0.156 e. The molecule has 0 aliphatic heterocycles. The van der Waals surface area contributed by atoms with Gasteiger partial charge in [-0.2, -0.15) is 11.1 Å². The second kappa shape index (κ2) is 4.34. The lowest BCUT2D eigenvalue weighted by molar-refractivity contribution is 1.03. The Morgan fingerprint density at radius 3 is 1.67 bits per heavy atom. The molecule has 0 aliphatic carbocycles. The predicted octanol–water partition coefficient (Wildman–Crippen LogP) is 3.62. The van der Waals surface area contributed by atoms with Gasteiger partial charge in [0.05, 0.1) is 0 Å². The van der Waals surface area contributed by atoms with Crippen molar-refractivity contribution in [3.63, 3.8) is 0 Å². The molecule has 0 nitrogen and oxygen atoms in total. The van der Waals surface area contributed by atoms with E-state index in [2.05, 4.69) is 20.8 Å². The van der Waals surface area contributed by atoms with Gasteiger partial charge in [-0.1, -0.05) is 27.2 Å². The maximum absolute atomic E-state index is 6.35. The van der Waals surface area contributed by atoms with Gasteiger partial charge in [-0.3, -0.25) is 0 Å². The summed E-state index contributed by atoms with van der Waals surface area (Å²) in [5.74, 6) is 0. The van der Waals surface area contributed by atoms with E-state index in [1.807, 2.05) is 0 Å². The van der Waals surface area contributed by atoms with Crippen molar-refractivity contribution in [1.82, 2.24) is 0 Å². The smallest absolute Gasteiger partial charge is 0.156 e. The van der Waals surface area contributed by atoms with Crippen LogP contribution in [0.15, 0.2) is 0 Å². The Bertz CT molecular complexity index is 69.3. The monoisotopic (exact) mass is 164 g/mol. The van der Waals surface area contributed by atoms with Crippen LogP contribution in [0.2, 0.25) is 18.1 Å². The van der Waals surface area contributed by atoms with Crippen molar-refractivity contribution in [2.75, 3.05) is 0 Å². The minimum Gasteiger partial charge on any atom is -0.167 e. The minimum absolute atomic E-state index is 1.23. The molecule has 0 aromatic heterocycles. The molecule has 0 bridgehead atoms. The highest BCUT2D eigenvalue weighted by Gasteiger charge is 2.24. The molecule has 0 aromatic rings. The summed E-state index contributed by atoms with van der Waals surface area (Å²) in [6.45, 7) is 6.66. The maximum atomic E-state index is 6.35. The third kappa shape index (κ3) is 3.26. The summed E-state index contributed by atoms with van der Waals surface area (Å²) in [7, 11) is -1.23.